The van der Waals surface area contributed by atoms with E-state index in [1.165, 1.54) is 0 Å². The number of alkyl halides is 3. The molecule has 0 aliphatic carbocycles. The molecule has 1 nitrogen and oxygen atoms in total. The van der Waals surface area contributed by atoms with Gasteiger partial charge in [-0.25, -0.2) is 0 Å². The number of aryl methyl sites for hydroxylation is 1. The fourth-order valence-electron chi connectivity index (χ4n) is 0.878. The lowest BCUT2D eigenvalue weighted by molar-refractivity contribution is -0.0547. The van der Waals surface area contributed by atoms with Crippen molar-refractivity contribution < 1.29 is 17.6 Å². The van der Waals surface area contributed by atoms with Gasteiger partial charge in [-0.3, -0.25) is 0 Å². The predicted molar refractivity (Wildman–Crippen MR) is 46.4 cm³/mol. The highest BCUT2D eigenvalue weighted by Gasteiger charge is 2.29. The van der Waals surface area contributed by atoms with Crippen molar-refractivity contribution in [3.63, 3.8) is 0 Å². The summed E-state index contributed by atoms with van der Waals surface area (Å²) in [5.41, 5.74) is 0.735. The van der Waals surface area contributed by atoms with Gasteiger partial charge in [-0.2, -0.15) is 13.2 Å². The van der Waals surface area contributed by atoms with Crippen LogP contribution in [0.2, 0.25) is 0 Å². The second-order valence-corrected chi connectivity index (χ2v) is 4.05. The van der Waals surface area contributed by atoms with Crippen LogP contribution in [0.4, 0.5) is 13.2 Å². The van der Waals surface area contributed by atoms with Gasteiger partial charge in [0.15, 0.2) is 0 Å². The molecule has 0 saturated heterocycles. The molecule has 0 N–H and O–H groups in total. The van der Waals surface area contributed by atoms with Gasteiger partial charge in [0.1, 0.15) is 5.75 Å². The van der Waals surface area contributed by atoms with Crippen LogP contribution >= 0.6 is 0 Å². The normalized spacial score (nSPS) is 12.3. The molecule has 0 spiro atoms. The third-order valence-electron chi connectivity index (χ3n) is 1.48. The number of rotatable bonds is 2. The Hall–Kier alpha value is -0.973. The number of halogens is 3. The lowest BCUT2D eigenvalue weighted by atomic mass is 10.2. The van der Waals surface area contributed by atoms with Crippen molar-refractivity contribution >= 4 is 9.76 Å². The molecule has 0 unspecified atom stereocenters. The van der Waals surface area contributed by atoms with Crippen molar-refractivity contribution in [3.05, 3.63) is 29.8 Å². The summed E-state index contributed by atoms with van der Waals surface area (Å²) in [6, 6.07) is 6.69. The zero-order valence-electron chi connectivity index (χ0n) is 7.06. The molecule has 0 aliphatic rings. The second-order valence-electron chi connectivity index (χ2n) is 2.67. The van der Waals surface area contributed by atoms with Gasteiger partial charge in [0.05, 0.1) is 0 Å². The maximum Gasteiger partial charge on any atom is 0.394 e. The highest BCUT2D eigenvalue weighted by atomic mass is 28.2. The summed E-state index contributed by atoms with van der Waals surface area (Å²) in [6.07, 6.45) is 0. The summed E-state index contributed by atoms with van der Waals surface area (Å²) in [5, 5.41) is 0. The van der Waals surface area contributed by atoms with Crippen LogP contribution in [0, 0.1) is 6.92 Å². The summed E-state index contributed by atoms with van der Waals surface area (Å²) in [7, 11) is -2.47. The van der Waals surface area contributed by atoms with Gasteiger partial charge in [-0.1, -0.05) is 18.2 Å². The molecule has 0 saturated carbocycles. The maximum absolute atomic E-state index is 11.8. The first kappa shape index (κ1) is 10.1. The molecule has 0 atom stereocenters. The third kappa shape index (κ3) is 3.50. The average Bonchev–Trinajstić information content (AvgIpc) is 2.01. The fraction of sp³-hybridized carbons (Fsp3) is 0.250. The zero-order chi connectivity index (χ0) is 9.90. The molecule has 72 valence electrons. The Labute approximate surface area is 76.5 Å². The average molecular weight is 206 g/mol. The maximum atomic E-state index is 11.8. The molecular weight excluding hydrogens is 197 g/mol. The first-order chi connectivity index (χ1) is 5.99. The Morgan fingerprint density at radius 1 is 1.23 bits per heavy atom. The number of para-hydroxylation sites is 1. The predicted octanol–water partition coefficient (Wildman–Crippen LogP) is 1.98. The largest absolute Gasteiger partial charge is 0.538 e. The van der Waals surface area contributed by atoms with E-state index in [2.05, 4.69) is 0 Å². The monoisotopic (exact) mass is 206 g/mol. The molecule has 1 aromatic rings. The second kappa shape index (κ2) is 3.82. The molecule has 0 aliphatic heterocycles. The molecule has 1 rings (SSSR count). The molecule has 0 amide bonds. The van der Waals surface area contributed by atoms with E-state index in [9.17, 15) is 13.2 Å². The third-order valence-corrected chi connectivity index (χ3v) is 2.27. The van der Waals surface area contributed by atoms with Crippen LogP contribution in [0.15, 0.2) is 24.3 Å². The molecular formula is C8H9F3OSi. The van der Waals surface area contributed by atoms with Crippen molar-refractivity contribution in [3.8, 4) is 5.75 Å². The minimum Gasteiger partial charge on any atom is -0.538 e. The van der Waals surface area contributed by atoms with Gasteiger partial charge in [0.2, 0.25) is 0 Å². The SMILES string of the molecule is Cc1ccccc1O[SiH2]C(F)(F)F. The lowest BCUT2D eigenvalue weighted by Crippen LogP contribution is -2.24. The van der Waals surface area contributed by atoms with Crippen molar-refractivity contribution in [1.82, 2.24) is 0 Å². The summed E-state index contributed by atoms with van der Waals surface area (Å²) < 4.78 is 40.1. The van der Waals surface area contributed by atoms with Crippen molar-refractivity contribution in [2.75, 3.05) is 0 Å². The molecule has 0 fully saturated rings. The summed E-state index contributed by atoms with van der Waals surface area (Å²) in [6.45, 7) is 1.72. The van der Waals surface area contributed by atoms with Crippen LogP contribution in [-0.2, 0) is 0 Å². The molecule has 0 radical (unpaired) electrons. The van der Waals surface area contributed by atoms with Crippen LogP contribution in [0.25, 0.3) is 0 Å². The topological polar surface area (TPSA) is 9.23 Å². The molecule has 5 heteroatoms. The molecule has 0 bridgehead atoms. The van der Waals surface area contributed by atoms with Gasteiger partial charge in [-0.15, -0.1) is 0 Å². The number of benzene rings is 1. The smallest absolute Gasteiger partial charge is 0.394 e. The Morgan fingerprint density at radius 3 is 2.38 bits per heavy atom. The first-order valence-electron chi connectivity index (χ1n) is 3.74. The van der Waals surface area contributed by atoms with Crippen molar-refractivity contribution in [2.24, 2.45) is 0 Å². The minimum atomic E-state index is -4.14. The summed E-state index contributed by atoms with van der Waals surface area (Å²) in [4.78, 5) is 0. The highest BCUT2D eigenvalue weighted by Crippen LogP contribution is 2.19. The fourth-order valence-corrected chi connectivity index (χ4v) is 1.52. The number of hydrogen-bond acceptors (Lipinski definition) is 1. The van der Waals surface area contributed by atoms with E-state index in [0.717, 1.165) is 5.56 Å². The Morgan fingerprint density at radius 2 is 1.85 bits per heavy atom. The van der Waals surface area contributed by atoms with Crippen LogP contribution in [0.5, 0.6) is 5.75 Å². The number of hydrogen-bond donors (Lipinski definition) is 0. The Bertz CT molecular complexity index is 285. The van der Waals surface area contributed by atoms with E-state index in [0.29, 0.717) is 5.75 Å². The van der Waals surface area contributed by atoms with Crippen molar-refractivity contribution in [1.29, 1.82) is 0 Å². The Kier molecular flexibility index (Phi) is 2.97. The highest BCUT2D eigenvalue weighted by molar-refractivity contribution is 6.31. The van der Waals surface area contributed by atoms with Crippen LogP contribution < -0.4 is 4.43 Å². The van der Waals surface area contributed by atoms with Crippen LogP contribution in [0.3, 0.4) is 0 Å². The van der Waals surface area contributed by atoms with Crippen LogP contribution in [0.1, 0.15) is 5.56 Å². The van der Waals surface area contributed by atoms with E-state index >= 15 is 0 Å². The van der Waals surface area contributed by atoms with Gasteiger partial charge in [0, 0.05) is 0 Å². The molecule has 13 heavy (non-hydrogen) atoms. The van der Waals surface area contributed by atoms with Gasteiger partial charge in [0.25, 0.3) is 0 Å². The molecule has 0 heterocycles. The molecule has 1 aromatic carbocycles. The van der Waals surface area contributed by atoms with Gasteiger partial charge >= 0.3 is 15.6 Å². The van der Waals surface area contributed by atoms with E-state index < -0.39 is 15.6 Å². The van der Waals surface area contributed by atoms with Gasteiger partial charge in [-0.05, 0) is 18.6 Å². The van der Waals surface area contributed by atoms with Crippen molar-refractivity contribution in [2.45, 2.75) is 12.7 Å². The van der Waals surface area contributed by atoms with E-state index in [1.807, 2.05) is 0 Å². The van der Waals surface area contributed by atoms with Gasteiger partial charge < -0.3 is 4.43 Å². The van der Waals surface area contributed by atoms with E-state index in [4.69, 9.17) is 4.43 Å². The van der Waals surface area contributed by atoms with Crippen LogP contribution in [-0.4, -0.2) is 15.6 Å². The minimum absolute atomic E-state index is 0.339. The van der Waals surface area contributed by atoms with E-state index in [-0.39, 0.29) is 0 Å². The standard InChI is InChI=1S/C8H9F3OSi/c1-6-4-2-3-5-7(6)12-13-8(9,10)11/h2-5H,13H2,1H3. The first-order valence-corrected chi connectivity index (χ1v) is 5.03. The quantitative estimate of drug-likeness (QED) is 0.672. The molecule has 0 aromatic heterocycles. The summed E-state index contributed by atoms with van der Waals surface area (Å²) >= 11 is 0. The van der Waals surface area contributed by atoms with E-state index in [1.54, 1.807) is 31.2 Å². The zero-order valence-corrected chi connectivity index (χ0v) is 8.47. The Balaban J connectivity index is 2.60. The lowest BCUT2D eigenvalue weighted by Gasteiger charge is -2.10. The summed E-state index contributed by atoms with van der Waals surface area (Å²) in [5.74, 6) is -3.80.